The number of hydrogen-bond acceptors (Lipinski definition) is 2. The number of rotatable bonds is 3. The molecule has 1 aromatic rings. The van der Waals surface area contributed by atoms with E-state index in [1.165, 1.54) is 6.42 Å². The zero-order valence-corrected chi connectivity index (χ0v) is 14.3. The second kappa shape index (κ2) is 7.93. The van der Waals surface area contributed by atoms with E-state index in [1.54, 1.807) is 4.90 Å². The molecule has 2 saturated heterocycles. The number of carbonyl (C=O) groups is 2. The normalized spacial score (nSPS) is 19.1. The lowest BCUT2D eigenvalue weighted by molar-refractivity contribution is -0.141. The minimum atomic E-state index is -0.565. The van der Waals surface area contributed by atoms with Gasteiger partial charge in [-0.1, -0.05) is 0 Å². The second-order valence-electron chi connectivity index (χ2n) is 6.95. The van der Waals surface area contributed by atoms with Crippen LogP contribution in [0.3, 0.4) is 0 Å². The molecule has 0 spiro atoms. The summed E-state index contributed by atoms with van der Waals surface area (Å²) in [6.07, 6.45) is 4.48. The first kappa shape index (κ1) is 17.8. The number of carbonyl (C=O) groups excluding carboxylic acids is 2. The molecule has 1 aromatic carbocycles. The lowest BCUT2D eigenvalue weighted by Crippen LogP contribution is -2.46. The summed E-state index contributed by atoms with van der Waals surface area (Å²) in [6, 6.07) is 3.16. The lowest BCUT2D eigenvalue weighted by atomic mass is 9.94. The van der Waals surface area contributed by atoms with Gasteiger partial charge in [0.25, 0.3) is 0 Å². The van der Waals surface area contributed by atoms with Crippen LogP contribution in [0.2, 0.25) is 0 Å². The van der Waals surface area contributed by atoms with Crippen molar-refractivity contribution in [3.8, 4) is 0 Å². The number of amides is 2. The Morgan fingerprint density at radius 2 is 1.64 bits per heavy atom. The number of likely N-dealkylation sites (tertiary alicyclic amines) is 2. The maximum atomic E-state index is 13.7. The molecule has 136 valence electrons. The summed E-state index contributed by atoms with van der Waals surface area (Å²) in [4.78, 5) is 28.5. The highest BCUT2D eigenvalue weighted by Gasteiger charge is 2.30. The van der Waals surface area contributed by atoms with Crippen LogP contribution < -0.4 is 0 Å². The summed E-state index contributed by atoms with van der Waals surface area (Å²) in [5.74, 6) is -1.13. The molecular weight excluding hydrogens is 326 g/mol. The van der Waals surface area contributed by atoms with Gasteiger partial charge < -0.3 is 9.80 Å². The lowest BCUT2D eigenvalue weighted by Gasteiger charge is -2.35. The topological polar surface area (TPSA) is 40.6 Å². The zero-order valence-electron chi connectivity index (χ0n) is 14.3. The van der Waals surface area contributed by atoms with Crippen LogP contribution in [0.4, 0.5) is 8.78 Å². The number of benzene rings is 1. The average Bonchev–Trinajstić information content (AvgIpc) is 2.65. The van der Waals surface area contributed by atoms with E-state index in [4.69, 9.17) is 0 Å². The molecule has 0 saturated carbocycles. The molecule has 0 N–H and O–H groups in total. The Kier molecular flexibility index (Phi) is 5.66. The number of piperidine rings is 2. The molecule has 25 heavy (non-hydrogen) atoms. The third-order valence-electron chi connectivity index (χ3n) is 5.21. The van der Waals surface area contributed by atoms with Crippen LogP contribution in [-0.2, 0) is 16.0 Å². The van der Waals surface area contributed by atoms with Crippen molar-refractivity contribution >= 4 is 11.8 Å². The Hall–Kier alpha value is -1.98. The van der Waals surface area contributed by atoms with Gasteiger partial charge in [0.1, 0.15) is 11.6 Å². The molecule has 0 bridgehead atoms. The fourth-order valence-electron chi connectivity index (χ4n) is 3.70. The monoisotopic (exact) mass is 350 g/mol. The summed E-state index contributed by atoms with van der Waals surface area (Å²) in [5, 5.41) is 0. The Balaban J connectivity index is 1.52. The quantitative estimate of drug-likeness (QED) is 0.841. The molecule has 0 unspecified atom stereocenters. The number of nitrogens with zero attached hydrogens (tertiary/aromatic N) is 2. The van der Waals surface area contributed by atoms with Gasteiger partial charge in [0.05, 0.1) is 6.42 Å². The zero-order chi connectivity index (χ0) is 17.8. The van der Waals surface area contributed by atoms with Crippen LogP contribution in [0, 0.1) is 17.6 Å². The summed E-state index contributed by atoms with van der Waals surface area (Å²) in [5.41, 5.74) is 0.0801. The van der Waals surface area contributed by atoms with E-state index in [-0.39, 0.29) is 29.7 Å². The Morgan fingerprint density at radius 1 is 0.960 bits per heavy atom. The predicted octanol–water partition coefficient (Wildman–Crippen LogP) is 2.76. The first-order valence-corrected chi connectivity index (χ1v) is 9.05. The molecule has 0 aromatic heterocycles. The van der Waals surface area contributed by atoms with Gasteiger partial charge in [-0.3, -0.25) is 9.59 Å². The summed E-state index contributed by atoms with van der Waals surface area (Å²) < 4.78 is 26.9. The van der Waals surface area contributed by atoms with Gasteiger partial charge in [0, 0.05) is 37.7 Å². The van der Waals surface area contributed by atoms with Gasteiger partial charge in [-0.15, -0.1) is 0 Å². The van der Waals surface area contributed by atoms with Crippen molar-refractivity contribution in [1.29, 1.82) is 0 Å². The fourth-order valence-corrected chi connectivity index (χ4v) is 3.70. The van der Waals surface area contributed by atoms with Gasteiger partial charge in [-0.2, -0.15) is 0 Å². The van der Waals surface area contributed by atoms with Crippen molar-refractivity contribution < 1.29 is 18.4 Å². The van der Waals surface area contributed by atoms with Crippen molar-refractivity contribution in [2.45, 2.75) is 38.5 Å². The van der Waals surface area contributed by atoms with Gasteiger partial charge in [0.15, 0.2) is 0 Å². The molecule has 2 heterocycles. The van der Waals surface area contributed by atoms with E-state index in [0.717, 1.165) is 44.1 Å². The first-order chi connectivity index (χ1) is 12.0. The molecular formula is C19H24F2N2O2. The summed E-state index contributed by atoms with van der Waals surface area (Å²) >= 11 is 0. The fraction of sp³-hybridized carbons (Fsp3) is 0.579. The van der Waals surface area contributed by atoms with Crippen molar-refractivity contribution in [3.63, 3.8) is 0 Å². The van der Waals surface area contributed by atoms with E-state index in [9.17, 15) is 18.4 Å². The minimum absolute atomic E-state index is 0.0203. The molecule has 3 rings (SSSR count). The average molecular weight is 350 g/mol. The first-order valence-electron chi connectivity index (χ1n) is 9.05. The van der Waals surface area contributed by atoms with Crippen LogP contribution in [0.1, 0.15) is 37.7 Å². The Bertz CT molecular complexity index is 636. The van der Waals surface area contributed by atoms with Crippen molar-refractivity contribution in [2.75, 3.05) is 26.2 Å². The highest BCUT2D eigenvalue weighted by Crippen LogP contribution is 2.23. The van der Waals surface area contributed by atoms with Crippen LogP contribution in [0.15, 0.2) is 18.2 Å². The Morgan fingerprint density at radius 3 is 2.32 bits per heavy atom. The van der Waals surface area contributed by atoms with Crippen molar-refractivity contribution in [3.05, 3.63) is 35.4 Å². The predicted molar refractivity (Wildman–Crippen MR) is 89.8 cm³/mol. The van der Waals surface area contributed by atoms with Crippen LogP contribution in [-0.4, -0.2) is 47.8 Å². The molecule has 2 fully saturated rings. The Labute approximate surface area is 146 Å². The van der Waals surface area contributed by atoms with Gasteiger partial charge in [-0.25, -0.2) is 8.78 Å². The van der Waals surface area contributed by atoms with Crippen molar-refractivity contribution in [1.82, 2.24) is 9.80 Å². The van der Waals surface area contributed by atoms with Gasteiger partial charge in [-0.05, 0) is 50.3 Å². The van der Waals surface area contributed by atoms with Crippen LogP contribution >= 0.6 is 0 Å². The minimum Gasteiger partial charge on any atom is -0.342 e. The SMILES string of the molecule is O=C(Cc1cc(F)ccc1F)N1CCC(C(=O)N2CCCCC2)CC1. The molecule has 0 aliphatic carbocycles. The third-order valence-corrected chi connectivity index (χ3v) is 5.21. The van der Waals surface area contributed by atoms with E-state index in [2.05, 4.69) is 0 Å². The van der Waals surface area contributed by atoms with Crippen LogP contribution in [0.25, 0.3) is 0 Å². The van der Waals surface area contributed by atoms with E-state index in [1.807, 2.05) is 4.90 Å². The number of halogens is 2. The van der Waals surface area contributed by atoms with E-state index < -0.39 is 11.6 Å². The molecule has 4 nitrogen and oxygen atoms in total. The highest BCUT2D eigenvalue weighted by molar-refractivity contribution is 5.81. The maximum Gasteiger partial charge on any atom is 0.227 e. The second-order valence-corrected chi connectivity index (χ2v) is 6.95. The van der Waals surface area contributed by atoms with Crippen molar-refractivity contribution in [2.24, 2.45) is 5.92 Å². The molecule has 2 aliphatic heterocycles. The van der Waals surface area contributed by atoms with E-state index in [0.29, 0.717) is 25.9 Å². The molecule has 0 radical (unpaired) electrons. The maximum absolute atomic E-state index is 13.7. The molecule has 2 amide bonds. The smallest absolute Gasteiger partial charge is 0.227 e. The van der Waals surface area contributed by atoms with E-state index >= 15 is 0 Å². The van der Waals surface area contributed by atoms with Gasteiger partial charge >= 0.3 is 0 Å². The summed E-state index contributed by atoms with van der Waals surface area (Å²) in [7, 11) is 0. The largest absolute Gasteiger partial charge is 0.342 e. The standard InChI is InChI=1S/C19H24F2N2O2/c20-16-4-5-17(21)15(12-16)13-18(24)22-10-6-14(7-11-22)19(25)23-8-2-1-3-9-23/h4-5,12,14H,1-3,6-11,13H2. The third kappa shape index (κ3) is 4.35. The molecule has 0 atom stereocenters. The molecule has 6 heteroatoms. The number of hydrogen-bond donors (Lipinski definition) is 0. The van der Waals surface area contributed by atoms with Gasteiger partial charge in [0.2, 0.25) is 11.8 Å². The molecule has 2 aliphatic rings. The van der Waals surface area contributed by atoms with Crippen LogP contribution in [0.5, 0.6) is 0 Å². The highest BCUT2D eigenvalue weighted by atomic mass is 19.1. The summed E-state index contributed by atoms with van der Waals surface area (Å²) in [6.45, 7) is 2.69.